The van der Waals surface area contributed by atoms with Crippen LogP contribution in [0.4, 0.5) is 0 Å². The van der Waals surface area contributed by atoms with Gasteiger partial charge >= 0.3 is 0 Å². The summed E-state index contributed by atoms with van der Waals surface area (Å²) in [7, 11) is 0. The fraction of sp³-hybridized carbons (Fsp3) is 0.222. The lowest BCUT2D eigenvalue weighted by atomic mass is 10.2. The number of morpholine rings is 1. The van der Waals surface area contributed by atoms with Crippen LogP contribution in [-0.2, 0) is 9.53 Å². The van der Waals surface area contributed by atoms with Crippen LogP contribution >= 0.6 is 11.6 Å². The van der Waals surface area contributed by atoms with Crippen LogP contribution < -0.4 is 0 Å². The van der Waals surface area contributed by atoms with Crippen molar-refractivity contribution in [3.05, 3.63) is 52.8 Å². The molecule has 24 heavy (non-hydrogen) atoms. The van der Waals surface area contributed by atoms with Crippen LogP contribution in [0, 0.1) is 11.3 Å². The van der Waals surface area contributed by atoms with Crippen molar-refractivity contribution in [3.63, 3.8) is 0 Å². The lowest BCUT2D eigenvalue weighted by molar-refractivity contribution is -0.130. The summed E-state index contributed by atoms with van der Waals surface area (Å²) in [5.41, 5.74) is 0.800. The second kappa shape index (κ2) is 7.35. The molecule has 0 unspecified atom stereocenters. The molecule has 0 aliphatic carbocycles. The van der Waals surface area contributed by atoms with E-state index in [1.54, 1.807) is 23.1 Å². The van der Waals surface area contributed by atoms with Gasteiger partial charge in [0.2, 0.25) is 0 Å². The molecule has 0 bridgehead atoms. The maximum atomic E-state index is 12.4. The van der Waals surface area contributed by atoms with E-state index in [0.717, 1.165) is 5.56 Å². The summed E-state index contributed by atoms with van der Waals surface area (Å²) >= 11 is 6.15. The number of halogens is 1. The average molecular weight is 343 g/mol. The first-order valence-electron chi connectivity index (χ1n) is 7.52. The normalized spacial score (nSPS) is 15.2. The number of benzene rings is 1. The largest absolute Gasteiger partial charge is 0.457 e. The van der Waals surface area contributed by atoms with Gasteiger partial charge in [-0.15, -0.1) is 0 Å². The molecule has 1 aliphatic rings. The third-order valence-electron chi connectivity index (χ3n) is 3.70. The molecule has 0 spiro atoms. The Hall–Kier alpha value is -2.55. The Bertz CT molecular complexity index is 814. The van der Waals surface area contributed by atoms with Crippen LogP contribution in [0.15, 0.2) is 46.4 Å². The molecule has 2 heterocycles. The molecular weight excluding hydrogens is 328 g/mol. The molecule has 5 nitrogen and oxygen atoms in total. The molecule has 1 aromatic heterocycles. The smallest absolute Gasteiger partial charge is 0.264 e. The molecule has 1 amide bonds. The zero-order valence-corrected chi connectivity index (χ0v) is 13.6. The molecule has 1 saturated heterocycles. The van der Waals surface area contributed by atoms with Crippen LogP contribution in [0.5, 0.6) is 0 Å². The number of carbonyl (C=O) groups is 1. The number of hydrogen-bond donors (Lipinski definition) is 0. The highest BCUT2D eigenvalue weighted by Crippen LogP contribution is 2.29. The first kappa shape index (κ1) is 16.3. The van der Waals surface area contributed by atoms with Crippen molar-refractivity contribution >= 4 is 23.6 Å². The van der Waals surface area contributed by atoms with Gasteiger partial charge in [-0.2, -0.15) is 5.26 Å². The molecule has 2 aromatic rings. The lowest BCUT2D eigenvalue weighted by Gasteiger charge is -2.26. The molecule has 0 atom stereocenters. The number of hydrogen-bond acceptors (Lipinski definition) is 4. The molecule has 1 aliphatic heterocycles. The van der Waals surface area contributed by atoms with Crippen LogP contribution in [0.25, 0.3) is 17.4 Å². The van der Waals surface area contributed by atoms with Gasteiger partial charge in [0.25, 0.3) is 5.91 Å². The minimum atomic E-state index is -0.309. The van der Waals surface area contributed by atoms with Crippen molar-refractivity contribution in [2.75, 3.05) is 26.3 Å². The molecule has 1 fully saturated rings. The summed E-state index contributed by atoms with van der Waals surface area (Å²) < 4.78 is 10.9. The van der Waals surface area contributed by atoms with Crippen molar-refractivity contribution in [2.24, 2.45) is 0 Å². The van der Waals surface area contributed by atoms with Crippen molar-refractivity contribution in [1.82, 2.24) is 4.90 Å². The molecule has 1 aromatic carbocycles. The standard InChI is InChI=1S/C18H15ClN2O3/c19-16-4-2-1-3-15(16)17-6-5-14(24-17)11-13(12-20)18(22)21-7-9-23-10-8-21/h1-6,11H,7-10H2/b13-11-. The van der Waals surface area contributed by atoms with E-state index in [-0.39, 0.29) is 11.5 Å². The number of carbonyl (C=O) groups excluding carboxylic acids is 1. The number of nitrogens with zero attached hydrogens (tertiary/aromatic N) is 2. The fourth-order valence-corrected chi connectivity index (χ4v) is 2.69. The first-order chi connectivity index (χ1) is 11.7. The van der Waals surface area contributed by atoms with Crippen molar-refractivity contribution in [3.8, 4) is 17.4 Å². The van der Waals surface area contributed by atoms with Crippen LogP contribution in [0.3, 0.4) is 0 Å². The molecule has 0 saturated carbocycles. The third-order valence-corrected chi connectivity index (χ3v) is 4.03. The Morgan fingerprint density at radius 1 is 1.21 bits per heavy atom. The topological polar surface area (TPSA) is 66.5 Å². The summed E-state index contributed by atoms with van der Waals surface area (Å²) in [6, 6.07) is 12.7. The van der Waals surface area contributed by atoms with E-state index in [1.165, 1.54) is 6.08 Å². The second-order valence-corrected chi connectivity index (χ2v) is 5.66. The fourth-order valence-electron chi connectivity index (χ4n) is 2.46. The van der Waals surface area contributed by atoms with Gasteiger partial charge in [-0.3, -0.25) is 4.79 Å². The zero-order chi connectivity index (χ0) is 16.9. The Morgan fingerprint density at radius 2 is 1.96 bits per heavy atom. The van der Waals surface area contributed by atoms with Gasteiger partial charge in [0.05, 0.1) is 18.2 Å². The quantitative estimate of drug-likeness (QED) is 0.633. The van der Waals surface area contributed by atoms with Gasteiger partial charge in [-0.1, -0.05) is 23.7 Å². The summed E-state index contributed by atoms with van der Waals surface area (Å²) in [6.07, 6.45) is 1.46. The summed E-state index contributed by atoms with van der Waals surface area (Å²) in [5, 5.41) is 9.87. The van der Waals surface area contributed by atoms with Gasteiger partial charge in [0, 0.05) is 24.7 Å². The monoisotopic (exact) mass is 342 g/mol. The summed E-state index contributed by atoms with van der Waals surface area (Å²) in [5.74, 6) is 0.711. The average Bonchev–Trinajstić information content (AvgIpc) is 3.08. The molecule has 6 heteroatoms. The van der Waals surface area contributed by atoms with Crippen LogP contribution in [-0.4, -0.2) is 37.1 Å². The minimum absolute atomic E-state index is 0.0389. The van der Waals surface area contributed by atoms with E-state index < -0.39 is 0 Å². The number of rotatable bonds is 3. The summed E-state index contributed by atoms with van der Waals surface area (Å²) in [4.78, 5) is 14.0. The first-order valence-corrected chi connectivity index (χ1v) is 7.90. The number of furan rings is 1. The van der Waals surface area contributed by atoms with Gasteiger partial charge in [-0.25, -0.2) is 0 Å². The highest BCUT2D eigenvalue weighted by molar-refractivity contribution is 6.33. The van der Waals surface area contributed by atoms with E-state index in [0.29, 0.717) is 42.8 Å². The van der Waals surface area contributed by atoms with Gasteiger partial charge in [0.1, 0.15) is 23.2 Å². The summed E-state index contributed by atoms with van der Waals surface area (Å²) in [6.45, 7) is 1.95. The predicted molar refractivity (Wildman–Crippen MR) is 90.1 cm³/mol. The third kappa shape index (κ3) is 3.51. The van der Waals surface area contributed by atoms with Gasteiger partial charge < -0.3 is 14.1 Å². The Kier molecular flexibility index (Phi) is 4.99. The SMILES string of the molecule is N#C/C(=C/c1ccc(-c2ccccc2Cl)o1)C(=O)N1CCOCC1. The number of nitriles is 1. The predicted octanol–water partition coefficient (Wildman–Crippen LogP) is 3.37. The zero-order valence-electron chi connectivity index (χ0n) is 12.9. The van der Waals surface area contributed by atoms with Crippen LogP contribution in [0.1, 0.15) is 5.76 Å². The van der Waals surface area contributed by atoms with E-state index >= 15 is 0 Å². The molecule has 0 N–H and O–H groups in total. The Labute approximate surface area is 144 Å². The van der Waals surface area contributed by atoms with Crippen molar-refractivity contribution in [2.45, 2.75) is 0 Å². The Morgan fingerprint density at radius 3 is 2.67 bits per heavy atom. The van der Waals surface area contributed by atoms with Crippen molar-refractivity contribution < 1.29 is 13.9 Å². The second-order valence-electron chi connectivity index (χ2n) is 5.26. The van der Waals surface area contributed by atoms with E-state index in [9.17, 15) is 10.1 Å². The van der Waals surface area contributed by atoms with Gasteiger partial charge in [0.15, 0.2) is 0 Å². The molecule has 3 rings (SSSR count). The molecular formula is C18H15ClN2O3. The van der Waals surface area contributed by atoms with Gasteiger partial charge in [-0.05, 0) is 24.3 Å². The van der Waals surface area contributed by atoms with Crippen molar-refractivity contribution in [1.29, 1.82) is 5.26 Å². The Balaban J connectivity index is 1.83. The maximum Gasteiger partial charge on any atom is 0.264 e. The van der Waals surface area contributed by atoms with E-state index in [4.69, 9.17) is 20.8 Å². The van der Waals surface area contributed by atoms with E-state index in [2.05, 4.69) is 0 Å². The molecule has 0 radical (unpaired) electrons. The van der Waals surface area contributed by atoms with E-state index in [1.807, 2.05) is 24.3 Å². The minimum Gasteiger partial charge on any atom is -0.457 e. The number of ether oxygens (including phenoxy) is 1. The highest BCUT2D eigenvalue weighted by atomic mass is 35.5. The molecule has 122 valence electrons. The highest BCUT2D eigenvalue weighted by Gasteiger charge is 2.21. The van der Waals surface area contributed by atoms with Crippen LogP contribution in [0.2, 0.25) is 5.02 Å². The maximum absolute atomic E-state index is 12.4. The lowest BCUT2D eigenvalue weighted by Crippen LogP contribution is -2.41. The number of amides is 1.